The third-order valence-electron chi connectivity index (χ3n) is 7.07. The summed E-state index contributed by atoms with van der Waals surface area (Å²) in [7, 11) is -2.59. The lowest BCUT2D eigenvalue weighted by Gasteiger charge is -2.37. The molecule has 0 radical (unpaired) electrons. The highest BCUT2D eigenvalue weighted by Crippen LogP contribution is 2.57. The second kappa shape index (κ2) is 28.8. The Balaban J connectivity index is 3.79. The van der Waals surface area contributed by atoms with Crippen LogP contribution in [0.2, 0.25) is 0 Å². The molecule has 43 heavy (non-hydrogen) atoms. The van der Waals surface area contributed by atoms with Gasteiger partial charge in [-0.3, -0.25) is 4.79 Å². The second-order valence-electron chi connectivity index (χ2n) is 11.3. The van der Waals surface area contributed by atoms with Crippen LogP contribution >= 0.6 is 7.29 Å². The lowest BCUT2D eigenvalue weighted by Crippen LogP contribution is -2.32. The molecule has 8 heteroatoms. The van der Waals surface area contributed by atoms with E-state index in [1.54, 1.807) is 0 Å². The monoisotopic (exact) mass is 619 g/mol. The summed E-state index contributed by atoms with van der Waals surface area (Å²) in [5.74, 6) is 0.0490. The summed E-state index contributed by atoms with van der Waals surface area (Å²) in [6.07, 6.45) is 28.3. The Hall–Kier alpha value is -1.97. The summed E-state index contributed by atoms with van der Waals surface area (Å²) < 4.78 is 26.8. The van der Waals surface area contributed by atoms with Crippen molar-refractivity contribution in [3.05, 3.63) is 48.6 Å². The lowest BCUT2D eigenvalue weighted by atomic mass is 10.2. The Morgan fingerprint density at radius 1 is 0.791 bits per heavy atom. The van der Waals surface area contributed by atoms with Crippen LogP contribution in [0.25, 0.3) is 0 Å². The molecule has 1 N–H and O–H groups in total. The van der Waals surface area contributed by atoms with Crippen molar-refractivity contribution in [3.63, 3.8) is 0 Å². The predicted molar refractivity (Wildman–Crippen MR) is 183 cm³/mol. The van der Waals surface area contributed by atoms with Gasteiger partial charge >= 0.3 is 0 Å². The Morgan fingerprint density at radius 2 is 1.33 bits per heavy atom. The number of ether oxygens (including phenoxy) is 2. The molecule has 0 aliphatic heterocycles. The Labute approximate surface area is 264 Å². The van der Waals surface area contributed by atoms with Crippen molar-refractivity contribution in [3.8, 4) is 6.07 Å². The van der Waals surface area contributed by atoms with E-state index < -0.39 is 7.29 Å². The molecule has 0 atom stereocenters. The molecule has 0 aromatic rings. The molecular weight excluding hydrogens is 557 g/mol. The zero-order chi connectivity index (χ0) is 32.0. The molecule has 0 fully saturated rings. The van der Waals surface area contributed by atoms with Crippen LogP contribution in [0.3, 0.4) is 0 Å². The van der Waals surface area contributed by atoms with Crippen LogP contribution in [0.15, 0.2) is 48.6 Å². The zero-order valence-electron chi connectivity index (χ0n) is 28.0. The highest BCUT2D eigenvalue weighted by Gasteiger charge is 2.36. The normalized spacial score (nSPS) is 12.7. The van der Waals surface area contributed by atoms with Gasteiger partial charge in [-0.25, -0.2) is 4.67 Å². The number of rotatable bonds is 28. The molecule has 0 aliphatic rings. The molecule has 7 nitrogen and oxygen atoms in total. The molecule has 0 saturated heterocycles. The summed E-state index contributed by atoms with van der Waals surface area (Å²) in [6, 6.07) is 2.16. The summed E-state index contributed by atoms with van der Waals surface area (Å²) in [5.41, 5.74) is 0.0631. The van der Waals surface area contributed by atoms with Crippen LogP contribution < -0.4 is 5.32 Å². The Bertz CT molecular complexity index is 878. The molecule has 0 saturated carbocycles. The van der Waals surface area contributed by atoms with Gasteiger partial charge in [-0.2, -0.15) is 5.26 Å². The van der Waals surface area contributed by atoms with Crippen molar-refractivity contribution in [2.24, 2.45) is 0 Å². The smallest absolute Gasteiger partial charge is 0.220 e. The predicted octanol–water partition coefficient (Wildman–Crippen LogP) is 8.59. The fraction of sp³-hybridized carbons (Fsp3) is 0.714. The van der Waals surface area contributed by atoms with E-state index in [1.165, 1.54) is 25.7 Å². The van der Waals surface area contributed by atoms with E-state index in [0.29, 0.717) is 58.9 Å². The summed E-state index contributed by atoms with van der Waals surface area (Å²) >= 11 is 0. The van der Waals surface area contributed by atoms with Crippen molar-refractivity contribution in [1.29, 1.82) is 5.26 Å². The molecule has 0 aromatic heterocycles. The van der Waals surface area contributed by atoms with Gasteiger partial charge in [0.1, 0.15) is 0 Å². The van der Waals surface area contributed by atoms with Gasteiger partial charge in [-0.05, 0) is 44.9 Å². The number of carbonyl (C=O) groups is 1. The fourth-order valence-corrected chi connectivity index (χ4v) is 7.94. The van der Waals surface area contributed by atoms with Crippen LogP contribution in [0.1, 0.15) is 105 Å². The van der Waals surface area contributed by atoms with Crippen LogP contribution in [0, 0.1) is 11.3 Å². The molecule has 0 heterocycles. The number of nitriles is 1. The molecule has 246 valence electrons. The first-order valence-electron chi connectivity index (χ1n) is 16.5. The van der Waals surface area contributed by atoms with E-state index in [4.69, 9.17) is 14.7 Å². The van der Waals surface area contributed by atoms with Crippen LogP contribution in [0.4, 0.5) is 0 Å². The maximum absolute atomic E-state index is 13.6. The van der Waals surface area contributed by atoms with Crippen molar-refractivity contribution in [1.82, 2.24) is 9.99 Å². The quantitative estimate of drug-likeness (QED) is 0.0536. The van der Waals surface area contributed by atoms with E-state index in [-0.39, 0.29) is 17.2 Å². The number of nitrogens with one attached hydrogen (secondary N) is 1. The summed E-state index contributed by atoms with van der Waals surface area (Å²) in [6.45, 7) is 13.4. The number of hydrogen-bond donors (Lipinski definition) is 1. The van der Waals surface area contributed by atoms with Gasteiger partial charge in [0, 0.05) is 43.8 Å². The minimum Gasteiger partial charge on any atom is -0.378 e. The van der Waals surface area contributed by atoms with Crippen LogP contribution in [-0.4, -0.2) is 68.0 Å². The molecule has 0 aromatic carbocycles. The highest BCUT2D eigenvalue weighted by molar-refractivity contribution is 7.62. The Kier molecular flexibility index (Phi) is 27.5. The standard InChI is InChI=1S/C35H62N3O4P/c1-6-7-8-9-10-11-12-13-14-15-16-17-18-19-20-21-22-24-35(39)37-26-29-41-31-32-42-30-28-38(27-23-25-36)43(40,33(2)3)34(4)5/h10-11,13-14,16-17,19-20,33-34H,6-9,12,15,18,21-24,26-32H2,1-5H3,(H,37,39)/b11-10-,14-13-,17-16-,20-19-. The van der Waals surface area contributed by atoms with Crippen LogP contribution in [0.5, 0.6) is 0 Å². The van der Waals surface area contributed by atoms with Gasteiger partial charge < -0.3 is 19.4 Å². The maximum Gasteiger partial charge on any atom is 0.220 e. The third-order valence-corrected chi connectivity index (χ3v) is 11.3. The largest absolute Gasteiger partial charge is 0.378 e. The lowest BCUT2D eigenvalue weighted by molar-refractivity contribution is -0.121. The number of amides is 1. The van der Waals surface area contributed by atoms with Gasteiger partial charge in [0.15, 0.2) is 7.29 Å². The van der Waals surface area contributed by atoms with Crippen molar-refractivity contribution in [2.45, 2.75) is 117 Å². The number of carbonyl (C=O) groups excluding carboxylic acids is 1. The molecular formula is C35H62N3O4P. The van der Waals surface area contributed by atoms with E-state index in [1.807, 2.05) is 32.4 Å². The number of nitrogens with zero attached hydrogens (tertiary/aromatic N) is 2. The highest BCUT2D eigenvalue weighted by atomic mass is 31.2. The fourth-order valence-electron chi connectivity index (χ4n) is 4.64. The minimum atomic E-state index is -2.59. The molecule has 1 amide bonds. The molecule has 0 rings (SSSR count). The van der Waals surface area contributed by atoms with Gasteiger partial charge in [-0.15, -0.1) is 0 Å². The van der Waals surface area contributed by atoms with Crippen molar-refractivity contribution >= 4 is 13.2 Å². The zero-order valence-corrected chi connectivity index (χ0v) is 28.9. The first-order chi connectivity index (χ1) is 20.8. The third kappa shape index (κ3) is 22.2. The summed E-state index contributed by atoms with van der Waals surface area (Å²) in [5, 5.41) is 11.9. The minimum absolute atomic E-state index is 0.0315. The summed E-state index contributed by atoms with van der Waals surface area (Å²) in [4.78, 5) is 12.0. The first kappa shape index (κ1) is 41.0. The molecule has 0 spiro atoms. The molecule has 0 unspecified atom stereocenters. The second-order valence-corrected chi connectivity index (χ2v) is 15.3. The average Bonchev–Trinajstić information content (AvgIpc) is 2.98. The first-order valence-corrected chi connectivity index (χ1v) is 18.3. The Morgan fingerprint density at radius 3 is 1.86 bits per heavy atom. The van der Waals surface area contributed by atoms with Gasteiger partial charge in [0.25, 0.3) is 0 Å². The SMILES string of the molecule is CCCCC/C=C\C/C=C\C/C=C\C/C=C\CCCC(=O)NCCOCCOCCN(CCC#N)P(=O)(C(C)C)C(C)C. The van der Waals surface area contributed by atoms with Crippen LogP contribution in [-0.2, 0) is 18.8 Å². The molecule has 0 aliphatic carbocycles. The topological polar surface area (TPSA) is 91.7 Å². The number of unbranched alkanes of at least 4 members (excludes halogenated alkanes) is 4. The van der Waals surface area contributed by atoms with Gasteiger partial charge in [0.05, 0.1) is 32.5 Å². The maximum atomic E-state index is 13.6. The van der Waals surface area contributed by atoms with Crippen molar-refractivity contribution in [2.75, 3.05) is 46.1 Å². The van der Waals surface area contributed by atoms with E-state index in [0.717, 1.165) is 32.1 Å². The number of hydrogen-bond acceptors (Lipinski definition) is 5. The van der Waals surface area contributed by atoms with E-state index >= 15 is 0 Å². The van der Waals surface area contributed by atoms with E-state index in [2.05, 4.69) is 66.9 Å². The van der Waals surface area contributed by atoms with Gasteiger partial charge in [0.2, 0.25) is 5.91 Å². The van der Waals surface area contributed by atoms with Gasteiger partial charge in [-0.1, -0.05) is 96.1 Å². The number of allylic oxidation sites excluding steroid dienone is 8. The molecule has 0 bridgehead atoms. The van der Waals surface area contributed by atoms with Crippen molar-refractivity contribution < 1.29 is 18.8 Å². The average molecular weight is 620 g/mol. The van der Waals surface area contributed by atoms with E-state index in [9.17, 15) is 9.36 Å².